The van der Waals surface area contributed by atoms with Gasteiger partial charge < -0.3 is 9.26 Å². The van der Waals surface area contributed by atoms with Crippen LogP contribution in [0.1, 0.15) is 0 Å². The number of hydrogen-bond donors (Lipinski definition) is 1. The second-order valence-corrected chi connectivity index (χ2v) is 4.16. The number of amides is 1. The molecular weight excluding hydrogens is 270 g/mol. The van der Waals surface area contributed by atoms with Crippen LogP contribution in [-0.4, -0.2) is 16.2 Å². The molecular formula is C15H11N3O3. The lowest BCUT2D eigenvalue weighted by Crippen LogP contribution is -2.16. The Hall–Kier alpha value is -3.15. The van der Waals surface area contributed by atoms with Crippen LogP contribution in [0.15, 0.2) is 65.5 Å². The predicted molar refractivity (Wildman–Crippen MR) is 75.8 cm³/mol. The van der Waals surface area contributed by atoms with Crippen molar-refractivity contribution >= 4 is 11.8 Å². The van der Waals surface area contributed by atoms with E-state index in [0.717, 1.165) is 5.56 Å². The average molecular weight is 281 g/mol. The topological polar surface area (TPSA) is 77.3 Å². The molecule has 0 fully saturated rings. The van der Waals surface area contributed by atoms with Crippen LogP contribution in [0.25, 0.3) is 11.4 Å². The molecule has 1 aromatic heterocycles. The fourth-order valence-corrected chi connectivity index (χ4v) is 1.74. The zero-order valence-corrected chi connectivity index (χ0v) is 10.9. The van der Waals surface area contributed by atoms with Crippen molar-refractivity contribution in [2.45, 2.75) is 0 Å². The number of aromatic nitrogens is 2. The summed E-state index contributed by atoms with van der Waals surface area (Å²) in [7, 11) is 0. The first-order valence-electron chi connectivity index (χ1n) is 6.22. The standard InChI is InChI=1S/C15H11N3O3/c19-15(21-13-4-2-1-3-5-13)17-12-8-6-11(7-9-12)14-16-10-20-18-14/h1-10H,(H,17,19). The highest BCUT2D eigenvalue weighted by molar-refractivity contribution is 5.86. The normalized spacial score (nSPS) is 10.1. The van der Waals surface area contributed by atoms with Crippen molar-refractivity contribution in [3.63, 3.8) is 0 Å². The molecule has 104 valence electrons. The molecule has 0 bridgehead atoms. The SMILES string of the molecule is O=C(Nc1ccc(-c2ncon2)cc1)Oc1ccccc1. The Morgan fingerprint density at radius 2 is 1.81 bits per heavy atom. The highest BCUT2D eigenvalue weighted by atomic mass is 16.6. The van der Waals surface area contributed by atoms with E-state index in [1.54, 1.807) is 48.5 Å². The Balaban J connectivity index is 1.64. The maximum absolute atomic E-state index is 11.7. The molecule has 3 aromatic rings. The Morgan fingerprint density at radius 3 is 2.48 bits per heavy atom. The number of para-hydroxylation sites is 1. The second kappa shape index (κ2) is 5.87. The molecule has 1 heterocycles. The van der Waals surface area contributed by atoms with Crippen molar-refractivity contribution in [3.05, 3.63) is 61.0 Å². The summed E-state index contributed by atoms with van der Waals surface area (Å²) >= 11 is 0. The highest BCUT2D eigenvalue weighted by Crippen LogP contribution is 2.18. The molecule has 0 aliphatic heterocycles. The van der Waals surface area contributed by atoms with Gasteiger partial charge in [0.2, 0.25) is 12.2 Å². The first-order valence-corrected chi connectivity index (χ1v) is 6.22. The van der Waals surface area contributed by atoms with Crippen molar-refractivity contribution in [2.75, 3.05) is 5.32 Å². The quantitative estimate of drug-likeness (QED) is 0.796. The minimum absolute atomic E-state index is 0.485. The van der Waals surface area contributed by atoms with Crippen LogP contribution in [0.4, 0.5) is 10.5 Å². The predicted octanol–water partition coefficient (Wildman–Crippen LogP) is 3.35. The third kappa shape index (κ3) is 3.24. The molecule has 0 radical (unpaired) electrons. The van der Waals surface area contributed by atoms with Crippen LogP contribution in [0.5, 0.6) is 5.75 Å². The zero-order chi connectivity index (χ0) is 14.5. The third-order valence-corrected chi connectivity index (χ3v) is 2.70. The van der Waals surface area contributed by atoms with Crippen molar-refractivity contribution in [1.82, 2.24) is 10.1 Å². The third-order valence-electron chi connectivity index (χ3n) is 2.70. The van der Waals surface area contributed by atoms with Crippen LogP contribution < -0.4 is 10.1 Å². The lowest BCUT2D eigenvalue weighted by atomic mass is 10.2. The first-order chi connectivity index (χ1) is 10.3. The largest absolute Gasteiger partial charge is 0.417 e. The Kier molecular flexibility index (Phi) is 3.60. The van der Waals surface area contributed by atoms with Gasteiger partial charge in [0.25, 0.3) is 0 Å². The van der Waals surface area contributed by atoms with Gasteiger partial charge in [-0.1, -0.05) is 23.4 Å². The van der Waals surface area contributed by atoms with Gasteiger partial charge >= 0.3 is 6.09 Å². The molecule has 1 N–H and O–H groups in total. The molecule has 6 nitrogen and oxygen atoms in total. The molecule has 0 aliphatic rings. The molecule has 1 amide bonds. The Bertz CT molecular complexity index is 710. The molecule has 21 heavy (non-hydrogen) atoms. The van der Waals surface area contributed by atoms with Gasteiger partial charge in [-0.3, -0.25) is 5.32 Å². The van der Waals surface area contributed by atoms with E-state index >= 15 is 0 Å². The van der Waals surface area contributed by atoms with E-state index in [1.165, 1.54) is 6.39 Å². The molecule has 2 aromatic carbocycles. The minimum atomic E-state index is -0.548. The number of hydrogen-bond acceptors (Lipinski definition) is 5. The van der Waals surface area contributed by atoms with Crippen LogP contribution in [-0.2, 0) is 0 Å². The smallest absolute Gasteiger partial charge is 0.410 e. The van der Waals surface area contributed by atoms with Gasteiger partial charge in [-0.15, -0.1) is 0 Å². The monoisotopic (exact) mass is 281 g/mol. The second-order valence-electron chi connectivity index (χ2n) is 4.16. The number of carbonyl (C=O) groups excluding carboxylic acids is 1. The molecule has 0 saturated heterocycles. The van der Waals surface area contributed by atoms with Gasteiger partial charge in [0.05, 0.1) is 0 Å². The van der Waals surface area contributed by atoms with Crippen molar-refractivity contribution in [2.24, 2.45) is 0 Å². The number of nitrogens with zero attached hydrogens (tertiary/aromatic N) is 2. The number of ether oxygens (including phenoxy) is 1. The fraction of sp³-hybridized carbons (Fsp3) is 0. The fourth-order valence-electron chi connectivity index (χ4n) is 1.74. The number of anilines is 1. The van der Waals surface area contributed by atoms with Gasteiger partial charge in [-0.05, 0) is 36.4 Å². The summed E-state index contributed by atoms with van der Waals surface area (Å²) in [5.74, 6) is 0.979. The number of rotatable bonds is 3. The van der Waals surface area contributed by atoms with E-state index in [9.17, 15) is 4.79 Å². The van der Waals surface area contributed by atoms with Crippen molar-refractivity contribution < 1.29 is 14.1 Å². The summed E-state index contributed by atoms with van der Waals surface area (Å²) in [6.45, 7) is 0. The van der Waals surface area contributed by atoms with Crippen molar-refractivity contribution in [1.29, 1.82) is 0 Å². The molecule has 0 aliphatic carbocycles. The maximum atomic E-state index is 11.7. The number of benzene rings is 2. The molecule has 0 saturated carbocycles. The summed E-state index contributed by atoms with van der Waals surface area (Å²) < 4.78 is 9.81. The van der Waals surface area contributed by atoms with Crippen LogP contribution in [0.2, 0.25) is 0 Å². The van der Waals surface area contributed by atoms with Crippen LogP contribution in [0.3, 0.4) is 0 Å². The minimum Gasteiger partial charge on any atom is -0.410 e. The highest BCUT2D eigenvalue weighted by Gasteiger charge is 2.06. The van der Waals surface area contributed by atoms with Gasteiger partial charge in [0.15, 0.2) is 0 Å². The van der Waals surface area contributed by atoms with E-state index in [-0.39, 0.29) is 0 Å². The van der Waals surface area contributed by atoms with Crippen molar-refractivity contribution in [3.8, 4) is 17.1 Å². The summed E-state index contributed by atoms with van der Waals surface area (Å²) in [6.07, 6.45) is 0.715. The zero-order valence-electron chi connectivity index (χ0n) is 10.9. The van der Waals surface area contributed by atoms with E-state index in [1.807, 2.05) is 6.07 Å². The van der Waals surface area contributed by atoms with E-state index in [0.29, 0.717) is 17.3 Å². The van der Waals surface area contributed by atoms with E-state index in [4.69, 9.17) is 4.74 Å². The first kappa shape index (κ1) is 12.9. The number of nitrogens with one attached hydrogen (secondary N) is 1. The molecule has 0 unspecified atom stereocenters. The summed E-state index contributed by atoms with van der Waals surface area (Å²) in [5, 5.41) is 6.37. The van der Waals surface area contributed by atoms with Gasteiger partial charge in [-0.2, -0.15) is 4.98 Å². The molecule has 0 spiro atoms. The molecule has 0 atom stereocenters. The van der Waals surface area contributed by atoms with Crippen LogP contribution in [0, 0.1) is 0 Å². The van der Waals surface area contributed by atoms with Crippen LogP contribution >= 0.6 is 0 Å². The molecule has 6 heteroatoms. The van der Waals surface area contributed by atoms with Gasteiger partial charge in [0, 0.05) is 11.3 Å². The Labute approximate surface area is 120 Å². The van der Waals surface area contributed by atoms with E-state index < -0.39 is 6.09 Å². The van der Waals surface area contributed by atoms with Gasteiger partial charge in [0.1, 0.15) is 5.75 Å². The summed E-state index contributed by atoms with van der Waals surface area (Å²) in [5.41, 5.74) is 1.41. The lowest BCUT2D eigenvalue weighted by Gasteiger charge is -2.06. The number of carbonyl (C=O) groups is 1. The Morgan fingerprint density at radius 1 is 1.05 bits per heavy atom. The summed E-state index contributed by atoms with van der Waals surface area (Å²) in [4.78, 5) is 15.7. The average Bonchev–Trinajstić information content (AvgIpc) is 3.03. The summed E-state index contributed by atoms with van der Waals surface area (Å²) in [6, 6.07) is 15.9. The van der Waals surface area contributed by atoms with Gasteiger partial charge in [-0.25, -0.2) is 4.79 Å². The molecule has 3 rings (SSSR count). The van der Waals surface area contributed by atoms with E-state index in [2.05, 4.69) is 20.0 Å². The maximum Gasteiger partial charge on any atom is 0.417 e. The lowest BCUT2D eigenvalue weighted by molar-refractivity contribution is 0.215.